The van der Waals surface area contributed by atoms with E-state index in [4.69, 9.17) is 4.74 Å². The van der Waals surface area contributed by atoms with Gasteiger partial charge in [0.2, 0.25) is 0 Å². The van der Waals surface area contributed by atoms with Gasteiger partial charge in [-0.25, -0.2) is 9.48 Å². The monoisotopic (exact) mass is 523 g/mol. The number of imide groups is 1. The van der Waals surface area contributed by atoms with Crippen LogP contribution in [-0.4, -0.2) is 57.2 Å². The number of rotatable bonds is 6. The first-order valence-electron chi connectivity index (χ1n) is 12.9. The summed E-state index contributed by atoms with van der Waals surface area (Å²) < 4.78 is 6.76. The van der Waals surface area contributed by atoms with Gasteiger partial charge in [-0.05, 0) is 42.7 Å². The number of urea groups is 1. The Balaban J connectivity index is 1.38. The fourth-order valence-corrected chi connectivity index (χ4v) is 5.75. The van der Waals surface area contributed by atoms with Crippen molar-refractivity contribution < 1.29 is 23.9 Å². The number of benzene rings is 1. The predicted octanol–water partition coefficient (Wildman–Crippen LogP) is 3.79. The van der Waals surface area contributed by atoms with Gasteiger partial charge in [0, 0.05) is 11.5 Å². The molecule has 1 aromatic carbocycles. The summed E-state index contributed by atoms with van der Waals surface area (Å²) in [5.41, 5.74) is 0.173. The smallest absolute Gasteiger partial charge is 0.326 e. The summed E-state index contributed by atoms with van der Waals surface area (Å²) in [6.07, 6.45) is 1.99. The highest BCUT2D eigenvalue weighted by atomic mass is 16.5. The van der Waals surface area contributed by atoms with E-state index in [9.17, 15) is 19.2 Å². The quantitative estimate of drug-likeness (QED) is 0.439. The van der Waals surface area contributed by atoms with E-state index in [1.807, 2.05) is 51.1 Å². The number of carbonyl (C=O) groups is 4. The maximum atomic E-state index is 13.2. The van der Waals surface area contributed by atoms with Gasteiger partial charge in [-0.2, -0.15) is 5.10 Å². The average molecular weight is 524 g/mol. The number of amides is 4. The highest BCUT2D eigenvalue weighted by molar-refractivity contribution is 6.09. The molecule has 0 radical (unpaired) electrons. The van der Waals surface area contributed by atoms with Gasteiger partial charge in [0.1, 0.15) is 17.9 Å². The van der Waals surface area contributed by atoms with E-state index in [1.54, 1.807) is 10.7 Å². The molecule has 2 heterocycles. The summed E-state index contributed by atoms with van der Waals surface area (Å²) >= 11 is 0. The maximum Gasteiger partial charge on any atom is 0.326 e. The number of hydrogen-bond acceptors (Lipinski definition) is 6. The van der Waals surface area contributed by atoms with Crippen molar-refractivity contribution in [2.24, 2.45) is 11.3 Å². The minimum Gasteiger partial charge on any atom is -0.454 e. The third-order valence-electron chi connectivity index (χ3n) is 7.02. The highest BCUT2D eigenvalue weighted by Gasteiger charge is 2.56. The molecule has 2 aliphatic rings. The van der Waals surface area contributed by atoms with Gasteiger partial charge in [0.25, 0.3) is 11.8 Å². The van der Waals surface area contributed by atoms with E-state index in [-0.39, 0.29) is 16.7 Å². The van der Waals surface area contributed by atoms with E-state index < -0.39 is 42.5 Å². The van der Waals surface area contributed by atoms with E-state index in [1.165, 1.54) is 0 Å². The van der Waals surface area contributed by atoms with Crippen LogP contribution >= 0.6 is 0 Å². The van der Waals surface area contributed by atoms with Crippen molar-refractivity contribution in [1.82, 2.24) is 20.0 Å². The number of nitrogens with zero attached hydrogens (tertiary/aromatic N) is 3. The zero-order valence-corrected chi connectivity index (χ0v) is 23.0. The standard InChI is InChI=1S/C28H37N5O5/c1-18-13-27(5,6)17-28(14-18)24(36)32(25(37)30-28)15-23(35)38-16-22(34)29-21-12-20(26(2,3)4)31-33(21)19-10-8-7-9-11-19/h7-12,18H,13-17H2,1-6H3,(H,29,34)(H,30,37). The first-order valence-corrected chi connectivity index (χ1v) is 12.9. The second-order valence-electron chi connectivity index (χ2n) is 12.4. The Labute approximate surface area is 223 Å². The molecule has 2 fully saturated rings. The molecule has 4 rings (SSSR count). The molecule has 1 aliphatic heterocycles. The molecule has 2 unspecified atom stereocenters. The van der Waals surface area contributed by atoms with Crippen LogP contribution in [0.5, 0.6) is 0 Å². The third-order valence-corrected chi connectivity index (χ3v) is 7.02. The van der Waals surface area contributed by atoms with Crippen LogP contribution in [-0.2, 0) is 24.5 Å². The Morgan fingerprint density at radius 3 is 2.47 bits per heavy atom. The zero-order chi connectivity index (χ0) is 27.9. The van der Waals surface area contributed by atoms with E-state index >= 15 is 0 Å². The molecule has 204 valence electrons. The lowest BCUT2D eigenvalue weighted by Gasteiger charge is -2.43. The van der Waals surface area contributed by atoms with E-state index in [0.29, 0.717) is 18.7 Å². The van der Waals surface area contributed by atoms with Crippen LogP contribution in [0.1, 0.15) is 66.5 Å². The summed E-state index contributed by atoms with van der Waals surface area (Å²) in [7, 11) is 0. The Morgan fingerprint density at radius 2 is 1.84 bits per heavy atom. The van der Waals surface area contributed by atoms with Crippen LogP contribution in [0.25, 0.3) is 5.69 Å². The molecule has 0 bridgehead atoms. The largest absolute Gasteiger partial charge is 0.454 e. The van der Waals surface area contributed by atoms with Crippen LogP contribution in [0.2, 0.25) is 0 Å². The molecule has 38 heavy (non-hydrogen) atoms. The Hall–Kier alpha value is -3.69. The predicted molar refractivity (Wildman–Crippen MR) is 142 cm³/mol. The topological polar surface area (TPSA) is 123 Å². The molecule has 10 nitrogen and oxygen atoms in total. The molecular formula is C28H37N5O5. The number of esters is 1. The number of ether oxygens (including phenoxy) is 1. The zero-order valence-electron chi connectivity index (χ0n) is 23.0. The van der Waals surface area contributed by atoms with Gasteiger partial charge in [-0.3, -0.25) is 19.3 Å². The molecule has 10 heteroatoms. The molecule has 2 atom stereocenters. The molecule has 1 aliphatic carbocycles. The number of nitrogens with one attached hydrogen (secondary N) is 2. The summed E-state index contributed by atoms with van der Waals surface area (Å²) in [5, 5.41) is 10.2. The van der Waals surface area contributed by atoms with Crippen LogP contribution in [0.15, 0.2) is 36.4 Å². The summed E-state index contributed by atoms with van der Waals surface area (Å²) in [6.45, 7) is 11.2. The number of aromatic nitrogens is 2. The number of anilines is 1. The molecular weight excluding hydrogens is 486 g/mol. The van der Waals surface area contributed by atoms with E-state index in [0.717, 1.165) is 22.7 Å². The summed E-state index contributed by atoms with van der Waals surface area (Å²) in [6, 6.07) is 10.5. The first kappa shape index (κ1) is 27.3. The van der Waals surface area contributed by atoms with Crippen LogP contribution in [0.3, 0.4) is 0 Å². The SMILES string of the molecule is CC1CC(C)(C)CC2(C1)NC(=O)N(CC(=O)OCC(=O)Nc1cc(C(C)(C)C)nn1-c1ccccc1)C2=O. The van der Waals surface area contributed by atoms with Crippen LogP contribution < -0.4 is 10.6 Å². The van der Waals surface area contributed by atoms with Gasteiger partial charge in [0.15, 0.2) is 6.61 Å². The van der Waals surface area contributed by atoms with Crippen molar-refractivity contribution in [2.75, 3.05) is 18.5 Å². The van der Waals surface area contributed by atoms with Gasteiger partial charge in [0.05, 0.1) is 11.4 Å². The minimum absolute atomic E-state index is 0.117. The lowest BCUT2D eigenvalue weighted by molar-refractivity contribution is -0.150. The third kappa shape index (κ3) is 5.74. The second kappa shape index (κ2) is 9.89. The Morgan fingerprint density at radius 1 is 1.16 bits per heavy atom. The van der Waals surface area contributed by atoms with Crippen molar-refractivity contribution in [3.8, 4) is 5.69 Å². The van der Waals surface area contributed by atoms with Crippen molar-refractivity contribution in [2.45, 2.75) is 71.8 Å². The molecule has 1 saturated carbocycles. The molecule has 2 aromatic rings. The molecule has 1 saturated heterocycles. The summed E-state index contributed by atoms with van der Waals surface area (Å²) in [5.74, 6) is -1.12. The molecule has 1 aromatic heterocycles. The van der Waals surface area contributed by atoms with Gasteiger partial charge in [-0.15, -0.1) is 0 Å². The van der Waals surface area contributed by atoms with Crippen LogP contribution in [0, 0.1) is 11.3 Å². The highest BCUT2D eigenvalue weighted by Crippen LogP contribution is 2.46. The van der Waals surface area contributed by atoms with Crippen molar-refractivity contribution >= 4 is 29.6 Å². The molecule has 1 spiro atoms. The number of para-hydroxylation sites is 1. The van der Waals surface area contributed by atoms with Crippen molar-refractivity contribution in [3.05, 3.63) is 42.1 Å². The van der Waals surface area contributed by atoms with Gasteiger partial charge < -0.3 is 15.4 Å². The Kier molecular flexibility index (Phi) is 7.11. The van der Waals surface area contributed by atoms with E-state index in [2.05, 4.69) is 36.5 Å². The number of hydrogen-bond donors (Lipinski definition) is 2. The summed E-state index contributed by atoms with van der Waals surface area (Å²) in [4.78, 5) is 52.0. The fraction of sp³-hybridized carbons (Fsp3) is 0.536. The second-order valence-corrected chi connectivity index (χ2v) is 12.4. The van der Waals surface area contributed by atoms with Gasteiger partial charge in [-0.1, -0.05) is 59.7 Å². The van der Waals surface area contributed by atoms with Crippen LogP contribution in [0.4, 0.5) is 10.6 Å². The number of carbonyl (C=O) groups excluding carboxylic acids is 4. The normalized spacial score (nSPS) is 22.9. The molecule has 2 N–H and O–H groups in total. The first-order chi connectivity index (χ1) is 17.7. The fourth-order valence-electron chi connectivity index (χ4n) is 5.75. The average Bonchev–Trinajstić information content (AvgIpc) is 3.32. The maximum absolute atomic E-state index is 13.2. The van der Waals surface area contributed by atoms with Crippen molar-refractivity contribution in [3.63, 3.8) is 0 Å². The lowest BCUT2D eigenvalue weighted by Crippen LogP contribution is -2.54. The van der Waals surface area contributed by atoms with Crippen molar-refractivity contribution in [1.29, 1.82) is 0 Å². The minimum atomic E-state index is -1.00. The van der Waals surface area contributed by atoms with Gasteiger partial charge >= 0.3 is 12.0 Å². The lowest BCUT2D eigenvalue weighted by atomic mass is 9.64. The Bertz CT molecular complexity index is 1250. The molecule has 4 amide bonds.